The number of nitrogens with one attached hydrogen (secondary N) is 1. The van der Waals surface area contributed by atoms with Gasteiger partial charge in [0.25, 0.3) is 0 Å². The number of carbonyl (C=O) groups is 1. The van der Waals surface area contributed by atoms with Crippen LogP contribution in [0.2, 0.25) is 0 Å². The van der Waals surface area contributed by atoms with Crippen LogP contribution in [0.1, 0.15) is 21.5 Å². The number of hydrogen-bond acceptors (Lipinski definition) is 3. The quantitative estimate of drug-likeness (QED) is 0.502. The second kappa shape index (κ2) is 7.13. The molecule has 0 saturated heterocycles. The fraction of sp³-hybridized carbons (Fsp3) is 0.0667. The molecule has 0 aromatic heterocycles. The summed E-state index contributed by atoms with van der Waals surface area (Å²) in [6.07, 6.45) is 1.45. The van der Waals surface area contributed by atoms with Crippen molar-refractivity contribution >= 4 is 18.2 Å². The van der Waals surface area contributed by atoms with Crippen LogP contribution in [0.15, 0.2) is 36.4 Å². The molecule has 0 unspecified atom stereocenters. The van der Waals surface area contributed by atoms with E-state index in [2.05, 4.69) is 0 Å². The molecule has 104 valence electrons. The molecule has 2 aromatic carbocycles. The lowest BCUT2D eigenvalue weighted by Crippen LogP contribution is -1.94. The molecule has 0 heterocycles. The summed E-state index contributed by atoms with van der Waals surface area (Å²) in [5.74, 6) is -0.935. The van der Waals surface area contributed by atoms with E-state index in [0.29, 0.717) is 17.4 Å². The highest BCUT2D eigenvalue weighted by atomic mass is 19.1. The van der Waals surface area contributed by atoms with Gasteiger partial charge in [0.2, 0.25) is 0 Å². The number of hydrogen-bond donors (Lipinski definition) is 2. The number of nitrogens with two attached hydrogens (primary N) is 1. The molecule has 0 saturated carbocycles. The van der Waals surface area contributed by atoms with E-state index in [9.17, 15) is 13.6 Å². The first-order chi connectivity index (χ1) is 9.51. The summed E-state index contributed by atoms with van der Waals surface area (Å²) in [6.45, 7) is 1.68. The lowest BCUT2D eigenvalue weighted by atomic mass is 10.1. The van der Waals surface area contributed by atoms with Gasteiger partial charge in [0, 0.05) is 11.8 Å². The number of anilines is 1. The van der Waals surface area contributed by atoms with Crippen molar-refractivity contribution in [3.05, 3.63) is 64.7 Å². The van der Waals surface area contributed by atoms with Crippen molar-refractivity contribution in [3.63, 3.8) is 0 Å². The first-order valence-electron chi connectivity index (χ1n) is 5.76. The van der Waals surface area contributed by atoms with Gasteiger partial charge in [-0.3, -0.25) is 4.79 Å². The van der Waals surface area contributed by atoms with E-state index in [1.54, 1.807) is 25.1 Å². The molecule has 3 N–H and O–H groups in total. The highest BCUT2D eigenvalue weighted by Gasteiger charge is 2.02. The molecule has 20 heavy (non-hydrogen) atoms. The second-order valence-corrected chi connectivity index (χ2v) is 3.99. The third-order valence-corrected chi connectivity index (χ3v) is 2.56. The Morgan fingerprint density at radius 2 is 1.65 bits per heavy atom. The van der Waals surface area contributed by atoms with Gasteiger partial charge in [0.05, 0.1) is 11.3 Å². The number of aldehydes is 1. The van der Waals surface area contributed by atoms with Gasteiger partial charge in [-0.15, -0.1) is 0 Å². The fourth-order valence-electron chi connectivity index (χ4n) is 1.44. The lowest BCUT2D eigenvalue weighted by Gasteiger charge is -1.97. The van der Waals surface area contributed by atoms with Crippen molar-refractivity contribution in [2.45, 2.75) is 6.92 Å². The van der Waals surface area contributed by atoms with Crippen molar-refractivity contribution in [2.24, 2.45) is 0 Å². The predicted molar refractivity (Wildman–Crippen MR) is 75.2 cm³/mol. The summed E-state index contributed by atoms with van der Waals surface area (Å²) in [5.41, 5.74) is 6.10. The molecule has 0 spiro atoms. The van der Waals surface area contributed by atoms with Crippen LogP contribution >= 0.6 is 0 Å². The van der Waals surface area contributed by atoms with Gasteiger partial charge >= 0.3 is 0 Å². The maximum atomic E-state index is 12.9. The van der Waals surface area contributed by atoms with E-state index < -0.39 is 5.82 Å². The maximum Gasteiger partial charge on any atom is 0.156 e. The van der Waals surface area contributed by atoms with Crippen molar-refractivity contribution in [2.75, 3.05) is 5.73 Å². The van der Waals surface area contributed by atoms with Crippen LogP contribution in [0.5, 0.6) is 0 Å². The van der Waals surface area contributed by atoms with Crippen molar-refractivity contribution in [1.29, 1.82) is 5.41 Å². The zero-order chi connectivity index (χ0) is 15.1. The summed E-state index contributed by atoms with van der Waals surface area (Å²) in [5, 5.41) is 6.82. The molecule has 0 aliphatic rings. The van der Waals surface area contributed by atoms with Crippen LogP contribution in [0, 0.1) is 24.0 Å². The molecule has 0 aliphatic heterocycles. The van der Waals surface area contributed by atoms with Gasteiger partial charge in [0.15, 0.2) is 12.1 Å². The van der Waals surface area contributed by atoms with Gasteiger partial charge in [0.1, 0.15) is 5.82 Å². The van der Waals surface area contributed by atoms with Crippen LogP contribution in [0.4, 0.5) is 14.5 Å². The molecule has 3 nitrogen and oxygen atoms in total. The number of rotatable bonds is 2. The Morgan fingerprint density at radius 1 is 1.05 bits per heavy atom. The minimum atomic E-state index is -0.641. The van der Waals surface area contributed by atoms with Gasteiger partial charge in [-0.25, -0.2) is 8.78 Å². The minimum Gasteiger partial charge on any atom is -0.396 e. The molecular formula is C15H14F2N2O. The van der Waals surface area contributed by atoms with Gasteiger partial charge < -0.3 is 11.1 Å². The monoisotopic (exact) mass is 276 g/mol. The summed E-state index contributed by atoms with van der Waals surface area (Å²) in [7, 11) is 0. The SMILES string of the molecule is Cc1cccc(C=N)c1F.Nc1cccc(C=O)c1F. The standard InChI is InChI=1S/C8H8FN.C7H6FNO/c1-6-3-2-4-7(5-10)8(6)9;8-7-5(4-10)2-1-3-6(7)9/h2-5,10H,1H3;1-4H,9H2. The summed E-state index contributed by atoms with van der Waals surface area (Å²) in [6, 6.07) is 9.31. The van der Waals surface area contributed by atoms with E-state index in [-0.39, 0.29) is 17.1 Å². The van der Waals surface area contributed by atoms with E-state index in [1.165, 1.54) is 18.2 Å². The van der Waals surface area contributed by atoms with Crippen molar-refractivity contribution in [3.8, 4) is 0 Å². The molecule has 2 rings (SSSR count). The highest BCUT2D eigenvalue weighted by molar-refractivity contribution is 5.77. The summed E-state index contributed by atoms with van der Waals surface area (Å²) < 4.78 is 25.5. The minimum absolute atomic E-state index is 0.000000000000000222. The molecular weight excluding hydrogens is 262 g/mol. The highest BCUT2D eigenvalue weighted by Crippen LogP contribution is 2.11. The Bertz CT molecular complexity index is 572. The van der Waals surface area contributed by atoms with Gasteiger partial charge in [-0.2, -0.15) is 0 Å². The van der Waals surface area contributed by atoms with Crippen LogP contribution in [0.25, 0.3) is 0 Å². The topological polar surface area (TPSA) is 66.9 Å². The number of aryl methyl sites for hydroxylation is 1. The normalized spacial score (nSPS) is 9.35. The number of carbonyl (C=O) groups excluding carboxylic acids is 1. The molecule has 0 bridgehead atoms. The van der Waals surface area contributed by atoms with Crippen molar-refractivity contribution < 1.29 is 13.6 Å². The smallest absolute Gasteiger partial charge is 0.156 e. The molecule has 2 aromatic rings. The Kier molecular flexibility index (Phi) is 5.53. The molecule has 0 aliphatic carbocycles. The van der Waals surface area contributed by atoms with Crippen LogP contribution in [-0.2, 0) is 0 Å². The number of benzene rings is 2. The third kappa shape index (κ3) is 3.71. The average Bonchev–Trinajstić information content (AvgIpc) is 2.45. The molecule has 0 fully saturated rings. The van der Waals surface area contributed by atoms with E-state index >= 15 is 0 Å². The zero-order valence-electron chi connectivity index (χ0n) is 10.9. The molecule has 0 radical (unpaired) electrons. The second-order valence-electron chi connectivity index (χ2n) is 3.99. The lowest BCUT2D eigenvalue weighted by molar-refractivity contribution is 0.112. The van der Waals surface area contributed by atoms with Gasteiger partial charge in [-0.1, -0.05) is 24.3 Å². The Labute approximate surface area is 115 Å². The average molecular weight is 276 g/mol. The first kappa shape index (κ1) is 15.5. The van der Waals surface area contributed by atoms with Crippen molar-refractivity contribution in [1.82, 2.24) is 0 Å². The summed E-state index contributed by atoms with van der Waals surface area (Å²) >= 11 is 0. The Balaban J connectivity index is 0.000000200. The fourth-order valence-corrected chi connectivity index (χ4v) is 1.44. The van der Waals surface area contributed by atoms with Crippen LogP contribution < -0.4 is 5.73 Å². The summed E-state index contributed by atoms with van der Waals surface area (Å²) in [4.78, 5) is 10.1. The third-order valence-electron chi connectivity index (χ3n) is 2.56. The molecule has 0 atom stereocenters. The van der Waals surface area contributed by atoms with Gasteiger partial charge in [-0.05, 0) is 24.6 Å². The molecule has 5 heteroatoms. The maximum absolute atomic E-state index is 12.9. The first-order valence-corrected chi connectivity index (χ1v) is 5.76. The largest absolute Gasteiger partial charge is 0.396 e. The van der Waals surface area contributed by atoms with Crippen LogP contribution in [-0.4, -0.2) is 12.5 Å². The number of halogens is 2. The molecule has 0 amide bonds. The van der Waals surface area contributed by atoms with E-state index in [0.717, 1.165) is 6.21 Å². The van der Waals surface area contributed by atoms with Crippen LogP contribution in [0.3, 0.4) is 0 Å². The Hall–Kier alpha value is -2.56. The number of nitrogen functional groups attached to an aromatic ring is 1. The predicted octanol–water partition coefficient (Wildman–Crippen LogP) is 3.35. The van der Waals surface area contributed by atoms with E-state index in [4.69, 9.17) is 11.1 Å². The van der Waals surface area contributed by atoms with E-state index in [1.807, 2.05) is 0 Å². The Morgan fingerprint density at radius 3 is 2.15 bits per heavy atom. The zero-order valence-corrected chi connectivity index (χ0v) is 10.9.